The number of nitrogens with two attached hydrogens (primary N) is 1. The summed E-state index contributed by atoms with van der Waals surface area (Å²) in [4.78, 5) is 24.3. The second kappa shape index (κ2) is 8.45. The highest BCUT2D eigenvalue weighted by molar-refractivity contribution is 7.15. The fraction of sp³-hybridized carbons (Fsp3) is 0.294. The van der Waals surface area contributed by atoms with Crippen LogP contribution in [-0.2, 0) is 9.53 Å². The molecule has 2 rings (SSSR count). The maximum Gasteiger partial charge on any atom is 0.341 e. The zero-order chi connectivity index (χ0) is 16.7. The molecule has 0 radical (unpaired) electrons. The van der Waals surface area contributed by atoms with Gasteiger partial charge in [0.2, 0.25) is 5.91 Å². The summed E-state index contributed by atoms with van der Waals surface area (Å²) in [6.07, 6.45) is 0.939. The molecule has 1 heterocycles. The van der Waals surface area contributed by atoms with Crippen molar-refractivity contribution in [3.8, 4) is 11.1 Å². The first-order valence-corrected chi connectivity index (χ1v) is 8.39. The number of ether oxygens (including phenoxy) is 1. The third kappa shape index (κ3) is 4.40. The van der Waals surface area contributed by atoms with Gasteiger partial charge in [0.25, 0.3) is 0 Å². The minimum absolute atomic E-state index is 0.150. The van der Waals surface area contributed by atoms with Gasteiger partial charge in [-0.25, -0.2) is 4.79 Å². The number of carbonyl (C=O) groups is 2. The second-order valence-corrected chi connectivity index (χ2v) is 5.76. The Morgan fingerprint density at radius 2 is 2.00 bits per heavy atom. The van der Waals surface area contributed by atoms with Gasteiger partial charge in [-0.05, 0) is 25.5 Å². The van der Waals surface area contributed by atoms with E-state index in [2.05, 4.69) is 5.32 Å². The average molecular weight is 332 g/mol. The van der Waals surface area contributed by atoms with Gasteiger partial charge >= 0.3 is 5.97 Å². The Balaban J connectivity index is 2.33. The lowest BCUT2D eigenvalue weighted by Crippen LogP contribution is -2.15. The van der Waals surface area contributed by atoms with E-state index in [1.165, 1.54) is 11.3 Å². The lowest BCUT2D eigenvalue weighted by Gasteiger charge is -2.08. The molecule has 0 fully saturated rings. The molecule has 0 aliphatic rings. The molecular formula is C17H20N2O3S. The topological polar surface area (TPSA) is 81.4 Å². The number of nitrogens with one attached hydrogen (secondary N) is 1. The van der Waals surface area contributed by atoms with Crippen molar-refractivity contribution in [1.82, 2.24) is 0 Å². The summed E-state index contributed by atoms with van der Waals surface area (Å²) in [6.45, 7) is 2.49. The van der Waals surface area contributed by atoms with E-state index in [4.69, 9.17) is 10.5 Å². The summed E-state index contributed by atoms with van der Waals surface area (Å²) in [5.41, 5.74) is 7.50. The number of esters is 1. The maximum atomic E-state index is 12.3. The number of hydrogen-bond acceptors (Lipinski definition) is 5. The minimum Gasteiger partial charge on any atom is -0.462 e. The zero-order valence-corrected chi connectivity index (χ0v) is 13.8. The first kappa shape index (κ1) is 17.2. The summed E-state index contributed by atoms with van der Waals surface area (Å²) in [7, 11) is 0. The fourth-order valence-electron chi connectivity index (χ4n) is 2.14. The summed E-state index contributed by atoms with van der Waals surface area (Å²) in [5, 5.41) is 5.18. The number of carbonyl (C=O) groups excluding carboxylic acids is 2. The van der Waals surface area contributed by atoms with Gasteiger partial charge in [0.15, 0.2) is 0 Å². The van der Waals surface area contributed by atoms with Crippen LogP contribution in [0.5, 0.6) is 0 Å². The second-order valence-electron chi connectivity index (χ2n) is 4.88. The Bertz CT molecular complexity index is 668. The summed E-state index contributed by atoms with van der Waals surface area (Å²) >= 11 is 1.32. The smallest absolute Gasteiger partial charge is 0.341 e. The third-order valence-electron chi connectivity index (χ3n) is 3.22. The molecule has 122 valence electrons. The van der Waals surface area contributed by atoms with Crippen molar-refractivity contribution in [2.24, 2.45) is 5.73 Å². The Morgan fingerprint density at radius 3 is 2.65 bits per heavy atom. The summed E-state index contributed by atoms with van der Waals surface area (Å²) in [5.74, 6) is -0.579. The predicted octanol–water partition coefficient (Wildman–Crippen LogP) is 3.27. The van der Waals surface area contributed by atoms with Gasteiger partial charge in [0.1, 0.15) is 10.6 Å². The SMILES string of the molecule is CCOC(=O)c1c(-c2ccccc2)csc1NC(=O)CCCN. The Kier molecular flexibility index (Phi) is 6.31. The number of rotatable bonds is 7. The molecule has 3 N–H and O–H groups in total. The molecule has 1 aromatic carbocycles. The molecule has 0 spiro atoms. The van der Waals surface area contributed by atoms with Crippen molar-refractivity contribution in [3.63, 3.8) is 0 Å². The Labute approximate surface area is 139 Å². The van der Waals surface area contributed by atoms with Crippen LogP contribution >= 0.6 is 11.3 Å². The van der Waals surface area contributed by atoms with E-state index in [-0.39, 0.29) is 12.5 Å². The van der Waals surface area contributed by atoms with E-state index in [0.717, 1.165) is 11.1 Å². The van der Waals surface area contributed by atoms with Gasteiger partial charge in [-0.15, -0.1) is 11.3 Å². The van der Waals surface area contributed by atoms with E-state index < -0.39 is 5.97 Å². The van der Waals surface area contributed by atoms with Crippen molar-refractivity contribution in [2.75, 3.05) is 18.5 Å². The minimum atomic E-state index is -0.429. The molecule has 0 unspecified atom stereocenters. The van der Waals surface area contributed by atoms with Gasteiger partial charge in [-0.1, -0.05) is 30.3 Å². The van der Waals surface area contributed by atoms with Crippen LogP contribution in [0.15, 0.2) is 35.7 Å². The maximum absolute atomic E-state index is 12.3. The van der Waals surface area contributed by atoms with Crippen LogP contribution in [-0.4, -0.2) is 25.0 Å². The number of benzene rings is 1. The van der Waals surface area contributed by atoms with Crippen LogP contribution in [0.2, 0.25) is 0 Å². The van der Waals surface area contributed by atoms with Crippen molar-refractivity contribution in [1.29, 1.82) is 0 Å². The van der Waals surface area contributed by atoms with Crippen LogP contribution in [0.3, 0.4) is 0 Å². The predicted molar refractivity (Wildman–Crippen MR) is 92.6 cm³/mol. The fourth-order valence-corrected chi connectivity index (χ4v) is 3.11. The van der Waals surface area contributed by atoms with Gasteiger partial charge in [0.05, 0.1) is 6.61 Å². The molecule has 0 aliphatic carbocycles. The molecule has 6 heteroatoms. The highest BCUT2D eigenvalue weighted by Crippen LogP contribution is 2.36. The molecule has 1 aromatic heterocycles. The molecule has 0 bridgehead atoms. The van der Waals surface area contributed by atoms with Crippen LogP contribution in [0.4, 0.5) is 5.00 Å². The highest BCUT2D eigenvalue weighted by atomic mass is 32.1. The van der Waals surface area contributed by atoms with E-state index >= 15 is 0 Å². The third-order valence-corrected chi connectivity index (χ3v) is 4.11. The van der Waals surface area contributed by atoms with Crippen LogP contribution < -0.4 is 11.1 Å². The van der Waals surface area contributed by atoms with Crippen LogP contribution in [0.1, 0.15) is 30.1 Å². The normalized spacial score (nSPS) is 10.3. The van der Waals surface area contributed by atoms with Gasteiger partial charge in [0, 0.05) is 17.4 Å². The molecule has 0 saturated carbocycles. The number of amides is 1. The quantitative estimate of drug-likeness (QED) is 0.763. The highest BCUT2D eigenvalue weighted by Gasteiger charge is 2.22. The van der Waals surface area contributed by atoms with Crippen LogP contribution in [0.25, 0.3) is 11.1 Å². The zero-order valence-electron chi connectivity index (χ0n) is 13.0. The summed E-state index contributed by atoms with van der Waals surface area (Å²) in [6, 6.07) is 9.56. The number of anilines is 1. The molecule has 2 aromatic rings. The summed E-state index contributed by atoms with van der Waals surface area (Å²) < 4.78 is 5.15. The largest absolute Gasteiger partial charge is 0.462 e. The lowest BCUT2D eigenvalue weighted by atomic mass is 10.0. The first-order chi connectivity index (χ1) is 11.2. The Morgan fingerprint density at radius 1 is 1.26 bits per heavy atom. The average Bonchev–Trinajstić information content (AvgIpc) is 2.97. The van der Waals surface area contributed by atoms with E-state index in [0.29, 0.717) is 30.0 Å². The first-order valence-electron chi connectivity index (χ1n) is 7.51. The molecule has 0 saturated heterocycles. The monoisotopic (exact) mass is 332 g/mol. The Hall–Kier alpha value is -2.18. The number of thiophene rings is 1. The molecule has 0 atom stereocenters. The van der Waals surface area contributed by atoms with Gasteiger partial charge in [-0.2, -0.15) is 0 Å². The van der Waals surface area contributed by atoms with E-state index in [1.54, 1.807) is 6.92 Å². The van der Waals surface area contributed by atoms with E-state index in [1.807, 2.05) is 35.7 Å². The molecule has 5 nitrogen and oxygen atoms in total. The molecule has 0 aliphatic heterocycles. The molecular weight excluding hydrogens is 312 g/mol. The van der Waals surface area contributed by atoms with Crippen molar-refractivity contribution in [2.45, 2.75) is 19.8 Å². The molecule has 23 heavy (non-hydrogen) atoms. The molecule has 1 amide bonds. The van der Waals surface area contributed by atoms with Crippen molar-refractivity contribution < 1.29 is 14.3 Å². The number of hydrogen-bond donors (Lipinski definition) is 2. The van der Waals surface area contributed by atoms with Gasteiger partial charge < -0.3 is 15.8 Å². The lowest BCUT2D eigenvalue weighted by molar-refractivity contribution is -0.116. The van der Waals surface area contributed by atoms with Crippen molar-refractivity contribution >= 4 is 28.2 Å². The standard InChI is InChI=1S/C17H20N2O3S/c1-2-22-17(21)15-13(12-7-4-3-5-8-12)11-23-16(15)19-14(20)9-6-10-18/h3-5,7-8,11H,2,6,9-10,18H2,1H3,(H,19,20). The van der Waals surface area contributed by atoms with E-state index in [9.17, 15) is 9.59 Å². The van der Waals surface area contributed by atoms with Crippen LogP contribution in [0, 0.1) is 0 Å². The van der Waals surface area contributed by atoms with Crippen molar-refractivity contribution in [3.05, 3.63) is 41.3 Å². The van der Waals surface area contributed by atoms with Gasteiger partial charge in [-0.3, -0.25) is 4.79 Å².